The molecule has 1 aromatic heterocycles. The van der Waals surface area contributed by atoms with Crippen LogP contribution in [0.25, 0.3) is 11.5 Å². The first-order chi connectivity index (χ1) is 16.0. The summed E-state index contributed by atoms with van der Waals surface area (Å²) in [5.74, 6) is 2.27. The first-order valence-corrected chi connectivity index (χ1v) is 11.9. The molecule has 3 aromatic rings. The quantitative estimate of drug-likeness (QED) is 0.353. The summed E-state index contributed by atoms with van der Waals surface area (Å²) in [4.78, 5) is 13.4. The zero-order valence-electron chi connectivity index (χ0n) is 19.3. The summed E-state index contributed by atoms with van der Waals surface area (Å²) in [7, 11) is 0. The first-order valence-electron chi connectivity index (χ1n) is 10.9. The normalized spacial score (nSPS) is 10.7. The van der Waals surface area contributed by atoms with Crippen molar-refractivity contribution >= 4 is 23.7 Å². The van der Waals surface area contributed by atoms with E-state index in [0.717, 1.165) is 4.90 Å². The topological polar surface area (TPSA) is 95.7 Å². The van der Waals surface area contributed by atoms with Crippen molar-refractivity contribution in [2.45, 2.75) is 39.0 Å². The highest BCUT2D eigenvalue weighted by Gasteiger charge is 2.19. The van der Waals surface area contributed by atoms with Crippen molar-refractivity contribution in [3.63, 3.8) is 0 Å². The van der Waals surface area contributed by atoms with Crippen molar-refractivity contribution in [1.29, 1.82) is 0 Å². The van der Waals surface area contributed by atoms with E-state index in [0.29, 0.717) is 54.8 Å². The average Bonchev–Trinajstić information content (AvgIpc) is 3.26. The van der Waals surface area contributed by atoms with Gasteiger partial charge in [0.15, 0.2) is 11.5 Å². The lowest BCUT2D eigenvalue weighted by atomic mass is 10.2. The molecule has 0 spiro atoms. The van der Waals surface area contributed by atoms with Gasteiger partial charge in [-0.15, -0.1) is 16.9 Å². The van der Waals surface area contributed by atoms with Crippen LogP contribution in [0.1, 0.15) is 32.8 Å². The molecule has 1 N–H and O–H groups in total. The summed E-state index contributed by atoms with van der Waals surface area (Å²) < 4.78 is 22.9. The number of hydrogen-bond acceptors (Lipinski definition) is 8. The molecule has 0 aliphatic rings. The van der Waals surface area contributed by atoms with E-state index in [-0.39, 0.29) is 17.8 Å². The van der Waals surface area contributed by atoms with Crippen molar-refractivity contribution in [3.8, 4) is 28.7 Å². The van der Waals surface area contributed by atoms with Crippen LogP contribution in [0.5, 0.6) is 17.2 Å². The number of aryl methyl sites for hydroxylation is 1. The van der Waals surface area contributed by atoms with E-state index in [1.807, 2.05) is 39.8 Å². The van der Waals surface area contributed by atoms with Gasteiger partial charge in [0.1, 0.15) is 0 Å². The van der Waals surface area contributed by atoms with Gasteiger partial charge in [-0.25, -0.2) is 0 Å². The summed E-state index contributed by atoms with van der Waals surface area (Å²) in [5, 5.41) is 10.7. The zero-order chi connectivity index (χ0) is 23.6. The maximum atomic E-state index is 12.3. The molecule has 1 heterocycles. The Bertz CT molecular complexity index is 1030. The highest BCUT2D eigenvalue weighted by atomic mass is 32.2. The van der Waals surface area contributed by atoms with Crippen molar-refractivity contribution in [3.05, 3.63) is 42.0 Å². The van der Waals surface area contributed by atoms with E-state index in [2.05, 4.69) is 27.6 Å². The third-order valence-electron chi connectivity index (χ3n) is 4.45. The number of benzene rings is 2. The minimum atomic E-state index is -0.193. The molecule has 1 amide bonds. The van der Waals surface area contributed by atoms with E-state index in [1.165, 1.54) is 5.56 Å². The van der Waals surface area contributed by atoms with Crippen molar-refractivity contribution in [2.75, 3.05) is 30.9 Å². The first kappa shape index (κ1) is 24.4. The lowest BCUT2D eigenvalue weighted by Gasteiger charge is -2.16. The molecule has 0 aliphatic carbocycles. The Balaban J connectivity index is 1.67. The van der Waals surface area contributed by atoms with E-state index in [4.69, 9.17) is 18.6 Å². The minimum absolute atomic E-state index is 0.0418. The Morgan fingerprint density at radius 2 is 1.61 bits per heavy atom. The smallest absolute Gasteiger partial charge is 0.322 e. The van der Waals surface area contributed by atoms with Crippen LogP contribution in [-0.4, -0.2) is 41.7 Å². The Hall–Kier alpha value is -3.20. The summed E-state index contributed by atoms with van der Waals surface area (Å²) in [6.45, 7) is 9.11. The van der Waals surface area contributed by atoms with Crippen molar-refractivity contribution < 1.29 is 23.4 Å². The summed E-state index contributed by atoms with van der Waals surface area (Å²) in [5.41, 5.74) is 1.81. The fraction of sp³-hybridized carbons (Fsp3) is 0.375. The molecule has 0 radical (unpaired) electrons. The second kappa shape index (κ2) is 12.2. The molecule has 176 valence electrons. The number of nitrogens with one attached hydrogen (secondary N) is 1. The van der Waals surface area contributed by atoms with Gasteiger partial charge in [0.05, 0.1) is 19.8 Å². The van der Waals surface area contributed by atoms with Crippen LogP contribution in [0.2, 0.25) is 0 Å². The largest absolute Gasteiger partial charge is 0.490 e. The van der Waals surface area contributed by atoms with Gasteiger partial charge in [0.2, 0.25) is 17.5 Å². The maximum Gasteiger partial charge on any atom is 0.322 e. The zero-order valence-corrected chi connectivity index (χ0v) is 20.2. The van der Waals surface area contributed by atoms with Gasteiger partial charge >= 0.3 is 6.01 Å². The van der Waals surface area contributed by atoms with Gasteiger partial charge < -0.3 is 18.6 Å². The number of carbonyl (C=O) groups excluding carboxylic acids is 1. The van der Waals surface area contributed by atoms with Crippen LogP contribution in [0.4, 0.5) is 6.01 Å². The average molecular weight is 472 g/mol. The van der Waals surface area contributed by atoms with Gasteiger partial charge in [0, 0.05) is 22.6 Å². The summed E-state index contributed by atoms with van der Waals surface area (Å²) in [6.07, 6.45) is 0.322. The second-order valence-electron chi connectivity index (χ2n) is 6.97. The molecule has 3 rings (SSSR count). The molecule has 0 fully saturated rings. The number of ether oxygens (including phenoxy) is 3. The molecular formula is C24H29N3O5S. The van der Waals surface area contributed by atoms with Gasteiger partial charge in [-0.1, -0.05) is 22.8 Å². The SMILES string of the molecule is CCOc1cc(-c2nnc(NC(=O)CCSc3ccc(C)cc3)o2)cc(OCC)c1OCC. The highest BCUT2D eigenvalue weighted by molar-refractivity contribution is 7.99. The molecule has 0 bridgehead atoms. The third kappa shape index (κ3) is 6.89. The standard InChI is InChI=1S/C24H29N3O5S/c1-5-29-19-14-17(15-20(30-6-2)22(19)31-7-3)23-26-27-24(32-23)25-21(28)12-13-33-18-10-8-16(4)9-11-18/h8-11,14-15H,5-7,12-13H2,1-4H3,(H,25,27,28). The number of nitrogens with zero attached hydrogens (tertiary/aromatic N) is 2. The summed E-state index contributed by atoms with van der Waals surface area (Å²) in [6, 6.07) is 11.8. The van der Waals surface area contributed by atoms with Crippen LogP contribution in [0.3, 0.4) is 0 Å². The summed E-state index contributed by atoms with van der Waals surface area (Å²) >= 11 is 1.62. The third-order valence-corrected chi connectivity index (χ3v) is 5.46. The maximum absolute atomic E-state index is 12.3. The Morgan fingerprint density at radius 3 is 2.21 bits per heavy atom. The highest BCUT2D eigenvalue weighted by Crippen LogP contribution is 2.41. The molecule has 2 aromatic carbocycles. The molecule has 0 atom stereocenters. The van der Waals surface area contributed by atoms with E-state index < -0.39 is 0 Å². The lowest BCUT2D eigenvalue weighted by Crippen LogP contribution is -2.12. The Labute approximate surface area is 198 Å². The van der Waals surface area contributed by atoms with E-state index in [9.17, 15) is 4.79 Å². The molecule has 0 aliphatic heterocycles. The molecule has 9 heteroatoms. The second-order valence-corrected chi connectivity index (χ2v) is 8.14. The van der Waals surface area contributed by atoms with Crippen LogP contribution < -0.4 is 19.5 Å². The fourth-order valence-electron chi connectivity index (χ4n) is 2.98. The van der Waals surface area contributed by atoms with Gasteiger partial charge in [-0.3, -0.25) is 10.1 Å². The van der Waals surface area contributed by atoms with Crippen molar-refractivity contribution in [2.24, 2.45) is 0 Å². The fourth-order valence-corrected chi connectivity index (χ4v) is 3.83. The number of aromatic nitrogens is 2. The molecule has 0 unspecified atom stereocenters. The van der Waals surface area contributed by atoms with Gasteiger partial charge in [-0.05, 0) is 52.0 Å². The number of anilines is 1. The number of amides is 1. The molecule has 8 nitrogen and oxygen atoms in total. The van der Waals surface area contributed by atoms with E-state index >= 15 is 0 Å². The monoisotopic (exact) mass is 471 g/mol. The predicted molar refractivity (Wildman–Crippen MR) is 128 cm³/mol. The number of hydrogen-bond donors (Lipinski definition) is 1. The van der Waals surface area contributed by atoms with E-state index in [1.54, 1.807) is 23.9 Å². The number of rotatable bonds is 12. The molecule has 0 saturated heterocycles. The Morgan fingerprint density at radius 1 is 0.970 bits per heavy atom. The van der Waals surface area contributed by atoms with Gasteiger partial charge in [-0.2, -0.15) is 0 Å². The van der Waals surface area contributed by atoms with Crippen LogP contribution in [0.15, 0.2) is 45.7 Å². The van der Waals surface area contributed by atoms with Crippen molar-refractivity contribution in [1.82, 2.24) is 10.2 Å². The predicted octanol–water partition coefficient (Wildman–Crippen LogP) is 5.36. The van der Waals surface area contributed by atoms with Gasteiger partial charge in [0.25, 0.3) is 0 Å². The van der Waals surface area contributed by atoms with Crippen LogP contribution in [-0.2, 0) is 4.79 Å². The number of thioether (sulfide) groups is 1. The Kier molecular flexibility index (Phi) is 9.00. The molecule has 33 heavy (non-hydrogen) atoms. The van der Waals surface area contributed by atoms with Crippen LogP contribution in [0, 0.1) is 6.92 Å². The van der Waals surface area contributed by atoms with Crippen LogP contribution >= 0.6 is 11.8 Å². The molecular weight excluding hydrogens is 442 g/mol. The molecule has 0 saturated carbocycles. The minimum Gasteiger partial charge on any atom is -0.490 e. The number of carbonyl (C=O) groups is 1. The lowest BCUT2D eigenvalue weighted by molar-refractivity contribution is -0.115.